The largest absolute Gasteiger partial charge is 0.478 e. The highest BCUT2D eigenvalue weighted by molar-refractivity contribution is 8.00. The topological polar surface area (TPSA) is 37.3 Å². The average Bonchev–Trinajstić information content (AvgIpc) is 2.15. The Morgan fingerprint density at radius 1 is 1.47 bits per heavy atom. The van der Waals surface area contributed by atoms with Crippen LogP contribution in [0.3, 0.4) is 0 Å². The standard InChI is InChI=1S/C12H14O2S/c1-12(2)6-5-8-7-9(11(13)14)3-4-10(8)15-12/h3-4,7H,5-6H2,1-2H3,(H,13,14). The Morgan fingerprint density at radius 2 is 2.20 bits per heavy atom. The van der Waals surface area contributed by atoms with E-state index >= 15 is 0 Å². The number of thioether (sulfide) groups is 1. The molecule has 0 unspecified atom stereocenters. The van der Waals surface area contributed by atoms with E-state index in [9.17, 15) is 4.79 Å². The predicted molar refractivity (Wildman–Crippen MR) is 61.7 cm³/mol. The molecule has 0 saturated heterocycles. The summed E-state index contributed by atoms with van der Waals surface area (Å²) in [5.74, 6) is -0.840. The van der Waals surface area contributed by atoms with Gasteiger partial charge < -0.3 is 5.11 Å². The van der Waals surface area contributed by atoms with Crippen LogP contribution in [0.25, 0.3) is 0 Å². The lowest BCUT2D eigenvalue weighted by Gasteiger charge is -2.30. The van der Waals surface area contributed by atoms with Crippen molar-refractivity contribution in [2.45, 2.75) is 36.3 Å². The van der Waals surface area contributed by atoms with Gasteiger partial charge in [-0.05, 0) is 36.6 Å². The molecule has 0 radical (unpaired) electrons. The van der Waals surface area contributed by atoms with Gasteiger partial charge in [-0.25, -0.2) is 4.79 Å². The molecule has 15 heavy (non-hydrogen) atoms. The van der Waals surface area contributed by atoms with Gasteiger partial charge in [0.2, 0.25) is 0 Å². The van der Waals surface area contributed by atoms with Crippen LogP contribution in [0.1, 0.15) is 36.2 Å². The maximum Gasteiger partial charge on any atom is 0.335 e. The molecule has 2 rings (SSSR count). The fourth-order valence-electron chi connectivity index (χ4n) is 1.79. The van der Waals surface area contributed by atoms with Crippen LogP contribution >= 0.6 is 11.8 Å². The first-order valence-electron chi connectivity index (χ1n) is 5.03. The third-order valence-corrected chi connectivity index (χ3v) is 4.06. The van der Waals surface area contributed by atoms with Crippen molar-refractivity contribution >= 4 is 17.7 Å². The van der Waals surface area contributed by atoms with Crippen molar-refractivity contribution in [2.75, 3.05) is 0 Å². The monoisotopic (exact) mass is 222 g/mol. The van der Waals surface area contributed by atoms with E-state index < -0.39 is 5.97 Å². The van der Waals surface area contributed by atoms with Gasteiger partial charge in [-0.2, -0.15) is 0 Å². The summed E-state index contributed by atoms with van der Waals surface area (Å²) in [6, 6.07) is 5.43. The second-order valence-electron chi connectivity index (χ2n) is 4.49. The number of carbonyl (C=O) groups is 1. The summed E-state index contributed by atoms with van der Waals surface area (Å²) in [5.41, 5.74) is 1.58. The van der Waals surface area contributed by atoms with Gasteiger partial charge in [0.1, 0.15) is 0 Å². The van der Waals surface area contributed by atoms with E-state index in [0.29, 0.717) is 5.56 Å². The molecule has 0 aromatic heterocycles. The van der Waals surface area contributed by atoms with Gasteiger partial charge >= 0.3 is 5.97 Å². The Labute approximate surface area is 93.7 Å². The fraction of sp³-hybridized carbons (Fsp3) is 0.417. The Bertz CT molecular complexity index is 410. The molecule has 1 heterocycles. The highest BCUT2D eigenvalue weighted by Gasteiger charge is 2.26. The molecule has 0 bridgehead atoms. The Morgan fingerprint density at radius 3 is 2.87 bits per heavy atom. The molecule has 1 aromatic rings. The molecule has 0 aliphatic carbocycles. The molecule has 3 heteroatoms. The van der Waals surface area contributed by atoms with Crippen molar-refractivity contribution in [3.63, 3.8) is 0 Å². The summed E-state index contributed by atoms with van der Waals surface area (Å²) < 4.78 is 0.276. The first-order valence-corrected chi connectivity index (χ1v) is 5.85. The summed E-state index contributed by atoms with van der Waals surface area (Å²) in [4.78, 5) is 12.0. The summed E-state index contributed by atoms with van der Waals surface area (Å²) in [5, 5.41) is 8.88. The molecule has 1 aliphatic heterocycles. The maximum absolute atomic E-state index is 10.8. The van der Waals surface area contributed by atoms with E-state index in [1.807, 2.05) is 17.8 Å². The van der Waals surface area contributed by atoms with E-state index in [1.165, 1.54) is 10.5 Å². The van der Waals surface area contributed by atoms with E-state index in [0.717, 1.165) is 12.8 Å². The van der Waals surface area contributed by atoms with Crippen LogP contribution in [0.4, 0.5) is 0 Å². The van der Waals surface area contributed by atoms with Crippen molar-refractivity contribution in [1.82, 2.24) is 0 Å². The summed E-state index contributed by atoms with van der Waals surface area (Å²) in [6.45, 7) is 4.46. The molecule has 0 spiro atoms. The van der Waals surface area contributed by atoms with Crippen molar-refractivity contribution in [2.24, 2.45) is 0 Å². The third kappa shape index (κ3) is 2.17. The van der Waals surface area contributed by atoms with Crippen LogP contribution in [0, 0.1) is 0 Å². The van der Waals surface area contributed by atoms with Gasteiger partial charge in [-0.15, -0.1) is 11.8 Å². The minimum atomic E-state index is -0.840. The molecule has 2 nitrogen and oxygen atoms in total. The lowest BCUT2D eigenvalue weighted by Crippen LogP contribution is -2.20. The first kappa shape index (κ1) is 10.6. The summed E-state index contributed by atoms with van der Waals surface area (Å²) in [7, 11) is 0. The summed E-state index contributed by atoms with van der Waals surface area (Å²) in [6.07, 6.45) is 2.09. The van der Waals surface area contributed by atoms with Gasteiger partial charge in [0.05, 0.1) is 5.56 Å². The number of fused-ring (bicyclic) bond motifs is 1. The number of aromatic carboxylic acids is 1. The molecule has 0 atom stereocenters. The van der Waals surface area contributed by atoms with Crippen molar-refractivity contribution in [3.8, 4) is 0 Å². The molecule has 0 saturated carbocycles. The van der Waals surface area contributed by atoms with E-state index in [4.69, 9.17) is 5.11 Å². The molecule has 1 aromatic carbocycles. The number of hydrogen-bond donors (Lipinski definition) is 1. The second kappa shape index (κ2) is 3.56. The molecule has 0 amide bonds. The van der Waals surface area contributed by atoms with Gasteiger partial charge in [0.25, 0.3) is 0 Å². The fourth-order valence-corrected chi connectivity index (χ4v) is 3.02. The predicted octanol–water partition coefficient (Wildman–Crippen LogP) is 3.20. The smallest absolute Gasteiger partial charge is 0.335 e. The van der Waals surface area contributed by atoms with E-state index in [1.54, 1.807) is 12.1 Å². The van der Waals surface area contributed by atoms with Crippen LogP contribution < -0.4 is 0 Å². The molecule has 0 fully saturated rings. The van der Waals surface area contributed by atoms with Gasteiger partial charge in [0.15, 0.2) is 0 Å². The number of carboxylic acids is 1. The van der Waals surface area contributed by atoms with Gasteiger partial charge in [0, 0.05) is 9.64 Å². The zero-order chi connectivity index (χ0) is 11.1. The lowest BCUT2D eigenvalue weighted by atomic mass is 9.99. The van der Waals surface area contributed by atoms with Crippen molar-refractivity contribution < 1.29 is 9.90 Å². The molecule has 1 N–H and O–H groups in total. The highest BCUT2D eigenvalue weighted by Crippen LogP contribution is 2.42. The number of benzene rings is 1. The van der Waals surface area contributed by atoms with Crippen LogP contribution in [0.5, 0.6) is 0 Å². The summed E-state index contributed by atoms with van der Waals surface area (Å²) >= 11 is 1.84. The molecular weight excluding hydrogens is 208 g/mol. The maximum atomic E-state index is 10.8. The first-order chi connectivity index (χ1) is 6.98. The molecule has 1 aliphatic rings. The number of rotatable bonds is 1. The number of hydrogen-bond acceptors (Lipinski definition) is 2. The van der Waals surface area contributed by atoms with Crippen LogP contribution in [0.15, 0.2) is 23.1 Å². The zero-order valence-electron chi connectivity index (χ0n) is 8.91. The van der Waals surface area contributed by atoms with Gasteiger partial charge in [-0.1, -0.05) is 13.8 Å². The molecular formula is C12H14O2S. The molecule has 80 valence electrons. The minimum Gasteiger partial charge on any atom is -0.478 e. The number of aryl methyl sites for hydroxylation is 1. The zero-order valence-corrected chi connectivity index (χ0v) is 9.73. The van der Waals surface area contributed by atoms with Crippen LogP contribution in [0.2, 0.25) is 0 Å². The van der Waals surface area contributed by atoms with Crippen molar-refractivity contribution in [3.05, 3.63) is 29.3 Å². The quantitative estimate of drug-likeness (QED) is 0.792. The number of carboxylic acid groups (broad SMARTS) is 1. The second-order valence-corrected chi connectivity index (χ2v) is 6.24. The minimum absolute atomic E-state index is 0.276. The highest BCUT2D eigenvalue weighted by atomic mass is 32.2. The van der Waals surface area contributed by atoms with E-state index in [-0.39, 0.29) is 4.75 Å². The van der Waals surface area contributed by atoms with Crippen molar-refractivity contribution in [1.29, 1.82) is 0 Å². The lowest BCUT2D eigenvalue weighted by molar-refractivity contribution is 0.0696. The van der Waals surface area contributed by atoms with Gasteiger partial charge in [-0.3, -0.25) is 0 Å². The normalized spacial score (nSPS) is 18.3. The van der Waals surface area contributed by atoms with Crippen LogP contribution in [-0.4, -0.2) is 15.8 Å². The van der Waals surface area contributed by atoms with E-state index in [2.05, 4.69) is 13.8 Å². The van der Waals surface area contributed by atoms with Crippen LogP contribution in [-0.2, 0) is 6.42 Å². The third-order valence-electron chi connectivity index (χ3n) is 2.69. The Balaban J connectivity index is 2.36. The Kier molecular flexibility index (Phi) is 2.51. The Hall–Kier alpha value is -0.960. The average molecular weight is 222 g/mol. The SMILES string of the molecule is CC1(C)CCc2cc(C(=O)O)ccc2S1.